The number of nitrogens with zero attached hydrogens (tertiary/aromatic N) is 1. The Morgan fingerprint density at radius 2 is 1.87 bits per heavy atom. The smallest absolute Gasteiger partial charge is 0.416 e. The number of carbonyl (C=O) groups is 3. The summed E-state index contributed by atoms with van der Waals surface area (Å²) in [4.78, 5) is 36.2. The molecule has 0 radical (unpaired) electrons. The Morgan fingerprint density at radius 3 is 2.57 bits per heavy atom. The zero-order chi connectivity index (χ0) is 22.1. The van der Waals surface area contributed by atoms with Crippen molar-refractivity contribution in [2.75, 3.05) is 26.9 Å². The van der Waals surface area contributed by atoms with Crippen LogP contribution in [0.15, 0.2) is 34.8 Å². The van der Waals surface area contributed by atoms with E-state index in [4.69, 9.17) is 18.6 Å². The van der Waals surface area contributed by atoms with Crippen LogP contribution in [0, 0.1) is 0 Å². The van der Waals surface area contributed by atoms with Crippen molar-refractivity contribution in [1.29, 1.82) is 0 Å². The molecule has 2 aromatic rings. The number of rotatable bonds is 9. The minimum atomic E-state index is -0.713. The molecule has 8 heteroatoms. The molecule has 0 atom stereocenters. The van der Waals surface area contributed by atoms with Gasteiger partial charge >= 0.3 is 12.1 Å². The second-order valence-corrected chi connectivity index (χ2v) is 6.47. The Hall–Kier alpha value is -3.29. The van der Waals surface area contributed by atoms with Gasteiger partial charge in [-0.15, -0.1) is 0 Å². The third-order valence-electron chi connectivity index (χ3n) is 4.20. The van der Waals surface area contributed by atoms with E-state index in [1.165, 1.54) is 13.1 Å². The third kappa shape index (κ3) is 6.10. The summed E-state index contributed by atoms with van der Waals surface area (Å²) in [6.07, 6.45) is 1.41. The Morgan fingerprint density at radius 1 is 1.13 bits per heavy atom. The maximum atomic E-state index is 12.2. The second-order valence-electron chi connectivity index (χ2n) is 6.47. The van der Waals surface area contributed by atoms with E-state index in [9.17, 15) is 14.4 Å². The van der Waals surface area contributed by atoms with Crippen LogP contribution >= 0.6 is 0 Å². The summed E-state index contributed by atoms with van der Waals surface area (Å²) in [5.41, 5.74) is 1.10. The van der Waals surface area contributed by atoms with Gasteiger partial charge in [-0.2, -0.15) is 0 Å². The van der Waals surface area contributed by atoms with Gasteiger partial charge in [-0.3, -0.25) is 9.59 Å². The molecule has 0 bridgehead atoms. The summed E-state index contributed by atoms with van der Waals surface area (Å²) in [7, 11) is 1.35. The summed E-state index contributed by atoms with van der Waals surface area (Å²) in [6.45, 7) is 6.04. The van der Waals surface area contributed by atoms with Crippen molar-refractivity contribution in [1.82, 2.24) is 4.90 Å². The molecule has 0 fully saturated rings. The standard InChI is InChI=1S/C22H27NO7/c1-5-27-20(25)11-8-12-29-17-10-7-9-16-14-18(30-21(16)17)15(3)13-19(24)23(4)22(26)28-6-2/h7,9-10,13-14H,5-6,8,11-12H2,1-4H3. The maximum absolute atomic E-state index is 12.2. The molecule has 1 heterocycles. The van der Waals surface area contributed by atoms with E-state index in [-0.39, 0.29) is 19.0 Å². The summed E-state index contributed by atoms with van der Waals surface area (Å²) in [5.74, 6) is 0.267. The second kappa shape index (κ2) is 11.0. The number of ether oxygens (including phenoxy) is 3. The molecule has 0 saturated carbocycles. The molecule has 2 rings (SSSR count). The molecule has 8 nitrogen and oxygen atoms in total. The zero-order valence-corrected chi connectivity index (χ0v) is 17.7. The summed E-state index contributed by atoms with van der Waals surface area (Å²) in [6, 6.07) is 7.28. The molecule has 2 amide bonds. The fourth-order valence-electron chi connectivity index (χ4n) is 2.64. The first-order valence-electron chi connectivity index (χ1n) is 9.81. The molecule has 0 aliphatic heterocycles. The van der Waals surface area contributed by atoms with Crippen molar-refractivity contribution in [3.8, 4) is 5.75 Å². The predicted molar refractivity (Wildman–Crippen MR) is 111 cm³/mol. The molecule has 1 aromatic heterocycles. The quantitative estimate of drug-likeness (QED) is 0.343. The lowest BCUT2D eigenvalue weighted by Crippen LogP contribution is -2.32. The van der Waals surface area contributed by atoms with Crippen LogP contribution in [0.25, 0.3) is 16.5 Å². The fourth-order valence-corrected chi connectivity index (χ4v) is 2.64. The Kier molecular flexibility index (Phi) is 8.46. The Balaban J connectivity index is 2.09. The van der Waals surface area contributed by atoms with Gasteiger partial charge < -0.3 is 18.6 Å². The monoisotopic (exact) mass is 417 g/mol. The van der Waals surface area contributed by atoms with Gasteiger partial charge in [0.1, 0.15) is 5.76 Å². The van der Waals surface area contributed by atoms with Crippen LogP contribution in [0.3, 0.4) is 0 Å². The topological polar surface area (TPSA) is 95.3 Å². The van der Waals surface area contributed by atoms with Crippen LogP contribution in [-0.2, 0) is 19.1 Å². The van der Waals surface area contributed by atoms with Crippen molar-refractivity contribution < 1.29 is 33.0 Å². The van der Waals surface area contributed by atoms with Gasteiger partial charge in [0.05, 0.1) is 19.8 Å². The van der Waals surface area contributed by atoms with E-state index in [1.54, 1.807) is 32.9 Å². The molecule has 0 aliphatic rings. The number of fused-ring (bicyclic) bond motifs is 1. The number of esters is 1. The molecule has 0 N–H and O–H groups in total. The lowest BCUT2D eigenvalue weighted by molar-refractivity contribution is -0.143. The summed E-state index contributed by atoms with van der Waals surface area (Å²) >= 11 is 0. The van der Waals surface area contributed by atoms with Gasteiger partial charge in [-0.25, -0.2) is 9.69 Å². The molecular weight excluding hydrogens is 390 g/mol. The number of furan rings is 1. The summed E-state index contributed by atoms with van der Waals surface area (Å²) < 4.78 is 21.4. The first-order chi connectivity index (χ1) is 14.4. The SMILES string of the molecule is CCOC(=O)CCCOc1cccc2cc(C(C)=CC(=O)N(C)C(=O)OCC)oc12. The van der Waals surface area contributed by atoms with E-state index in [0.717, 1.165) is 10.3 Å². The lowest BCUT2D eigenvalue weighted by atomic mass is 10.2. The Labute approximate surface area is 175 Å². The maximum Gasteiger partial charge on any atom is 0.416 e. The molecule has 0 spiro atoms. The van der Waals surface area contributed by atoms with Gasteiger partial charge in [0.2, 0.25) is 0 Å². The van der Waals surface area contributed by atoms with Crippen molar-refractivity contribution in [3.63, 3.8) is 0 Å². The molecular formula is C22H27NO7. The molecule has 162 valence electrons. The van der Waals surface area contributed by atoms with Gasteiger partial charge in [0.15, 0.2) is 11.3 Å². The van der Waals surface area contributed by atoms with Gasteiger partial charge in [-0.05, 0) is 44.9 Å². The highest BCUT2D eigenvalue weighted by Gasteiger charge is 2.17. The highest BCUT2D eigenvalue weighted by Crippen LogP contribution is 2.31. The van der Waals surface area contributed by atoms with Crippen LogP contribution < -0.4 is 4.74 Å². The number of carbonyl (C=O) groups excluding carboxylic acids is 3. The van der Waals surface area contributed by atoms with Crippen LogP contribution in [-0.4, -0.2) is 49.7 Å². The number of benzene rings is 1. The van der Waals surface area contributed by atoms with E-state index in [1.807, 2.05) is 12.1 Å². The third-order valence-corrected chi connectivity index (χ3v) is 4.20. The number of para-hydroxylation sites is 1. The largest absolute Gasteiger partial charge is 0.490 e. The predicted octanol–water partition coefficient (Wildman–Crippen LogP) is 4.17. The van der Waals surface area contributed by atoms with E-state index in [2.05, 4.69) is 0 Å². The van der Waals surface area contributed by atoms with Gasteiger partial charge in [0.25, 0.3) is 5.91 Å². The van der Waals surface area contributed by atoms with Crippen LogP contribution in [0.1, 0.15) is 39.4 Å². The minimum absolute atomic E-state index is 0.186. The normalized spacial score (nSPS) is 11.3. The van der Waals surface area contributed by atoms with Crippen LogP contribution in [0.2, 0.25) is 0 Å². The van der Waals surface area contributed by atoms with Crippen molar-refractivity contribution in [2.24, 2.45) is 0 Å². The van der Waals surface area contributed by atoms with Crippen LogP contribution in [0.4, 0.5) is 4.79 Å². The van der Waals surface area contributed by atoms with Crippen molar-refractivity contribution in [3.05, 3.63) is 36.1 Å². The molecule has 0 saturated heterocycles. The average molecular weight is 417 g/mol. The van der Waals surface area contributed by atoms with E-state index >= 15 is 0 Å². The highest BCUT2D eigenvalue weighted by molar-refractivity contribution is 6.02. The molecule has 30 heavy (non-hydrogen) atoms. The molecule has 0 unspecified atom stereocenters. The van der Waals surface area contributed by atoms with E-state index in [0.29, 0.717) is 42.3 Å². The van der Waals surface area contributed by atoms with Gasteiger partial charge in [0, 0.05) is 24.9 Å². The number of likely N-dealkylation sites (N-methyl/N-ethyl adjacent to an activating group) is 1. The number of hydrogen-bond donors (Lipinski definition) is 0. The van der Waals surface area contributed by atoms with Crippen molar-refractivity contribution >= 4 is 34.5 Å². The highest BCUT2D eigenvalue weighted by atomic mass is 16.6. The first kappa shape index (κ1) is 23.0. The number of imide groups is 1. The summed E-state index contributed by atoms with van der Waals surface area (Å²) in [5, 5.41) is 0.812. The minimum Gasteiger partial charge on any atom is -0.490 e. The average Bonchev–Trinajstić information content (AvgIpc) is 3.16. The van der Waals surface area contributed by atoms with Crippen LogP contribution in [0.5, 0.6) is 5.75 Å². The number of hydrogen-bond acceptors (Lipinski definition) is 7. The van der Waals surface area contributed by atoms with E-state index < -0.39 is 12.0 Å². The molecule has 1 aromatic carbocycles. The Bertz CT molecular complexity index is 929. The lowest BCUT2D eigenvalue weighted by Gasteiger charge is -2.12. The number of amides is 2. The number of allylic oxidation sites excluding steroid dienone is 1. The molecule has 0 aliphatic carbocycles. The van der Waals surface area contributed by atoms with Gasteiger partial charge in [-0.1, -0.05) is 12.1 Å². The van der Waals surface area contributed by atoms with Crippen molar-refractivity contribution in [2.45, 2.75) is 33.6 Å². The first-order valence-corrected chi connectivity index (χ1v) is 9.81. The fraction of sp³-hybridized carbons (Fsp3) is 0.409. The zero-order valence-electron chi connectivity index (χ0n) is 17.7.